The lowest BCUT2D eigenvalue weighted by Crippen LogP contribution is -2.59. The van der Waals surface area contributed by atoms with E-state index in [1.54, 1.807) is 16.5 Å². The zero-order valence-electron chi connectivity index (χ0n) is 18.8. The van der Waals surface area contributed by atoms with Crippen molar-refractivity contribution in [1.82, 2.24) is 14.8 Å². The van der Waals surface area contributed by atoms with Crippen LogP contribution in [-0.2, 0) is 9.59 Å². The quantitative estimate of drug-likeness (QED) is 0.365. The van der Waals surface area contributed by atoms with Gasteiger partial charge < -0.3 is 30.6 Å². The first-order chi connectivity index (χ1) is 16.4. The Kier molecular flexibility index (Phi) is 7.51. The predicted octanol–water partition coefficient (Wildman–Crippen LogP) is 3.21. The third-order valence-electron chi connectivity index (χ3n) is 6.39. The summed E-state index contributed by atoms with van der Waals surface area (Å²) in [5, 5.41) is 26.8. The van der Waals surface area contributed by atoms with E-state index in [0.29, 0.717) is 23.2 Å². The van der Waals surface area contributed by atoms with Crippen molar-refractivity contribution in [1.29, 1.82) is 0 Å². The molecule has 4 N–H and O–H groups in total. The van der Waals surface area contributed by atoms with Gasteiger partial charge in [-0.15, -0.1) is 11.3 Å². The van der Waals surface area contributed by atoms with Gasteiger partial charge >= 0.3 is 6.03 Å². The maximum absolute atomic E-state index is 13.2. The summed E-state index contributed by atoms with van der Waals surface area (Å²) in [6.45, 7) is 0.366. The molecule has 11 heteroatoms. The number of nitrogens with zero attached hydrogens (tertiary/aromatic N) is 3. The highest BCUT2D eigenvalue weighted by molar-refractivity contribution is 7.13. The molecule has 1 saturated heterocycles. The number of aromatic nitrogens is 1. The molecule has 1 atom stereocenters. The molecule has 1 aromatic carbocycles. The Bertz CT molecular complexity index is 1020. The van der Waals surface area contributed by atoms with E-state index in [2.05, 4.69) is 15.6 Å². The van der Waals surface area contributed by atoms with E-state index in [1.807, 2.05) is 0 Å². The van der Waals surface area contributed by atoms with Gasteiger partial charge in [0.1, 0.15) is 12.6 Å². The van der Waals surface area contributed by atoms with Crippen molar-refractivity contribution < 1.29 is 24.6 Å². The van der Waals surface area contributed by atoms with Crippen molar-refractivity contribution in [2.24, 2.45) is 5.92 Å². The van der Waals surface area contributed by atoms with E-state index >= 15 is 0 Å². The van der Waals surface area contributed by atoms with Crippen molar-refractivity contribution in [2.45, 2.75) is 44.6 Å². The highest BCUT2D eigenvalue weighted by Gasteiger charge is 2.37. The Labute approximate surface area is 201 Å². The number of piperazine rings is 1. The second-order valence-electron chi connectivity index (χ2n) is 8.72. The Balaban J connectivity index is 1.41. The zero-order valence-corrected chi connectivity index (χ0v) is 19.6. The van der Waals surface area contributed by atoms with Crippen molar-refractivity contribution in [3.63, 3.8) is 0 Å². The van der Waals surface area contributed by atoms with Crippen LogP contribution in [0.5, 0.6) is 11.5 Å². The van der Waals surface area contributed by atoms with Crippen LogP contribution >= 0.6 is 11.3 Å². The molecule has 0 bridgehead atoms. The number of benzene rings is 1. The molecule has 2 heterocycles. The molecule has 4 rings (SSSR count). The van der Waals surface area contributed by atoms with E-state index in [0.717, 1.165) is 25.7 Å². The van der Waals surface area contributed by atoms with Crippen LogP contribution < -0.4 is 10.6 Å². The van der Waals surface area contributed by atoms with Gasteiger partial charge in [0.25, 0.3) is 0 Å². The Morgan fingerprint density at radius 3 is 2.59 bits per heavy atom. The van der Waals surface area contributed by atoms with Crippen molar-refractivity contribution in [3.8, 4) is 11.5 Å². The maximum atomic E-state index is 13.2. The monoisotopic (exact) mass is 487 g/mol. The number of phenolic OH excluding ortho intramolecular Hbond substituents is 2. The number of carbonyl (C=O) groups excluding carboxylic acids is 3. The molecular formula is C23H29N5O5S. The van der Waals surface area contributed by atoms with Gasteiger partial charge in [-0.05, 0) is 24.5 Å². The van der Waals surface area contributed by atoms with E-state index in [1.165, 1.54) is 40.9 Å². The average Bonchev–Trinajstić information content (AvgIpc) is 3.34. The molecule has 2 aliphatic rings. The van der Waals surface area contributed by atoms with Crippen molar-refractivity contribution >= 4 is 40.0 Å². The van der Waals surface area contributed by atoms with Crippen LogP contribution in [0.4, 0.5) is 15.6 Å². The Morgan fingerprint density at radius 1 is 1.12 bits per heavy atom. The highest BCUT2D eigenvalue weighted by atomic mass is 32.1. The summed E-state index contributed by atoms with van der Waals surface area (Å²) in [5.74, 6) is -0.786. The molecule has 0 unspecified atom stereocenters. The van der Waals surface area contributed by atoms with Crippen LogP contribution in [0.25, 0.3) is 0 Å². The summed E-state index contributed by atoms with van der Waals surface area (Å²) in [4.78, 5) is 46.0. The molecule has 0 spiro atoms. The first kappa shape index (κ1) is 23.8. The van der Waals surface area contributed by atoms with Crippen molar-refractivity contribution in [2.75, 3.05) is 30.3 Å². The summed E-state index contributed by atoms with van der Waals surface area (Å²) >= 11 is 1.33. The number of phenols is 2. The van der Waals surface area contributed by atoms with Crippen LogP contribution in [0.15, 0.2) is 29.8 Å². The largest absolute Gasteiger partial charge is 0.504 e. The molecule has 1 aliphatic heterocycles. The van der Waals surface area contributed by atoms with Crippen LogP contribution in [0.3, 0.4) is 0 Å². The SMILES string of the molecule is O=C(Nc1nccs1)[C@H](CC1CCCCC1)N1CCN(C(=O)Nc2ccc(O)c(O)c2)CC1=O. The van der Waals surface area contributed by atoms with Gasteiger partial charge in [-0.3, -0.25) is 9.59 Å². The van der Waals surface area contributed by atoms with Gasteiger partial charge in [-0.2, -0.15) is 0 Å². The summed E-state index contributed by atoms with van der Waals surface area (Å²) in [5.41, 5.74) is 0.299. The number of aromatic hydroxyl groups is 2. The minimum atomic E-state index is -0.612. The number of amides is 4. The summed E-state index contributed by atoms with van der Waals surface area (Å²) in [6, 6.07) is 2.85. The summed E-state index contributed by atoms with van der Waals surface area (Å²) < 4.78 is 0. The first-order valence-electron chi connectivity index (χ1n) is 11.5. The van der Waals surface area contributed by atoms with Gasteiger partial charge in [-0.1, -0.05) is 32.1 Å². The fraction of sp³-hybridized carbons (Fsp3) is 0.478. The molecule has 2 fully saturated rings. The molecule has 4 amide bonds. The van der Waals surface area contributed by atoms with E-state index in [4.69, 9.17) is 0 Å². The predicted molar refractivity (Wildman–Crippen MR) is 128 cm³/mol. The van der Waals surface area contributed by atoms with Gasteiger partial charge in [0.05, 0.1) is 0 Å². The van der Waals surface area contributed by atoms with Crippen LogP contribution in [0.2, 0.25) is 0 Å². The summed E-state index contributed by atoms with van der Waals surface area (Å²) in [7, 11) is 0. The number of urea groups is 1. The van der Waals surface area contributed by atoms with Gasteiger partial charge in [0.15, 0.2) is 16.6 Å². The zero-order chi connectivity index (χ0) is 24.1. The second-order valence-corrected chi connectivity index (χ2v) is 9.62. The normalized spacial score (nSPS) is 17.9. The van der Waals surface area contributed by atoms with Crippen LogP contribution in [-0.4, -0.2) is 68.5 Å². The van der Waals surface area contributed by atoms with Gasteiger partial charge in [0.2, 0.25) is 11.8 Å². The molecule has 182 valence electrons. The van der Waals surface area contributed by atoms with Crippen LogP contribution in [0, 0.1) is 5.92 Å². The molecule has 10 nitrogen and oxygen atoms in total. The lowest BCUT2D eigenvalue weighted by Gasteiger charge is -2.39. The molecule has 0 radical (unpaired) electrons. The average molecular weight is 488 g/mol. The number of anilines is 2. The molecule has 2 aromatic rings. The van der Waals surface area contributed by atoms with Crippen LogP contribution in [0.1, 0.15) is 38.5 Å². The Hall–Kier alpha value is -3.34. The van der Waals surface area contributed by atoms with E-state index < -0.39 is 12.1 Å². The van der Waals surface area contributed by atoms with Gasteiger partial charge in [0, 0.05) is 36.4 Å². The minimum absolute atomic E-state index is 0.151. The van der Waals surface area contributed by atoms with Crippen molar-refractivity contribution in [3.05, 3.63) is 29.8 Å². The molecule has 1 aromatic heterocycles. The number of rotatable bonds is 6. The maximum Gasteiger partial charge on any atom is 0.322 e. The second kappa shape index (κ2) is 10.7. The number of carbonyl (C=O) groups is 3. The van der Waals surface area contributed by atoms with E-state index in [-0.39, 0.29) is 42.9 Å². The van der Waals surface area contributed by atoms with E-state index in [9.17, 15) is 24.6 Å². The fourth-order valence-corrected chi connectivity index (χ4v) is 5.11. The highest BCUT2D eigenvalue weighted by Crippen LogP contribution is 2.30. The molecule has 1 saturated carbocycles. The summed E-state index contributed by atoms with van der Waals surface area (Å²) in [6.07, 6.45) is 7.81. The third-order valence-corrected chi connectivity index (χ3v) is 7.08. The smallest absolute Gasteiger partial charge is 0.322 e. The minimum Gasteiger partial charge on any atom is -0.504 e. The lowest BCUT2D eigenvalue weighted by atomic mass is 9.84. The Morgan fingerprint density at radius 2 is 1.91 bits per heavy atom. The topological polar surface area (TPSA) is 135 Å². The molecular weight excluding hydrogens is 458 g/mol. The first-order valence-corrected chi connectivity index (χ1v) is 12.4. The number of hydrogen-bond acceptors (Lipinski definition) is 7. The van der Waals surface area contributed by atoms with Gasteiger partial charge in [-0.25, -0.2) is 9.78 Å². The molecule has 34 heavy (non-hydrogen) atoms. The standard InChI is InChI=1S/C23H29N5O5S/c29-18-7-6-16(13-19(18)30)25-23(33)27-9-10-28(20(31)14-27)17(12-15-4-2-1-3-5-15)21(32)26-22-24-8-11-34-22/h6-8,11,13,15,17,29-30H,1-5,9-10,12,14H2,(H,25,33)(H,24,26,32)/t17-/m0/s1. The number of nitrogens with one attached hydrogen (secondary N) is 2. The number of thiazole rings is 1. The fourth-order valence-electron chi connectivity index (χ4n) is 4.58. The molecule has 1 aliphatic carbocycles. The lowest BCUT2D eigenvalue weighted by molar-refractivity contribution is -0.142. The number of hydrogen-bond donors (Lipinski definition) is 4. The third kappa shape index (κ3) is 5.77.